The summed E-state index contributed by atoms with van der Waals surface area (Å²) >= 11 is 1.23. The highest BCUT2D eigenvalue weighted by Gasteiger charge is 2.25. The van der Waals surface area contributed by atoms with Gasteiger partial charge in [0.1, 0.15) is 15.7 Å². The lowest BCUT2D eigenvalue weighted by Crippen LogP contribution is -2.40. The SMILES string of the molecule is COC1CCN(C(=O)c2cnc(-c3ccccc3F)s2)CC1. The van der Waals surface area contributed by atoms with Gasteiger partial charge < -0.3 is 9.64 Å². The summed E-state index contributed by atoms with van der Waals surface area (Å²) in [6.45, 7) is 1.37. The second kappa shape index (κ2) is 6.54. The van der Waals surface area contributed by atoms with Crippen molar-refractivity contribution in [2.75, 3.05) is 20.2 Å². The highest BCUT2D eigenvalue weighted by molar-refractivity contribution is 7.16. The second-order valence-corrected chi connectivity index (χ2v) is 6.27. The standard InChI is InChI=1S/C16H17FN2O2S/c1-21-11-6-8-19(9-7-11)16(20)14-10-18-15(22-14)12-4-2-3-5-13(12)17/h2-5,10-11H,6-9H2,1H3. The zero-order chi connectivity index (χ0) is 15.5. The minimum absolute atomic E-state index is 0.0327. The predicted octanol–water partition coefficient (Wildman–Crippen LogP) is 3.20. The van der Waals surface area contributed by atoms with Crippen LogP contribution in [0, 0.1) is 5.82 Å². The maximum atomic E-state index is 13.8. The van der Waals surface area contributed by atoms with Gasteiger partial charge in [0.25, 0.3) is 5.91 Å². The van der Waals surface area contributed by atoms with Crippen molar-refractivity contribution in [2.24, 2.45) is 0 Å². The molecule has 1 saturated heterocycles. The first-order valence-electron chi connectivity index (χ1n) is 7.22. The van der Waals surface area contributed by atoms with Crippen molar-refractivity contribution < 1.29 is 13.9 Å². The maximum absolute atomic E-state index is 13.8. The smallest absolute Gasteiger partial charge is 0.265 e. The molecule has 1 aliphatic heterocycles. The lowest BCUT2D eigenvalue weighted by Gasteiger charge is -2.30. The van der Waals surface area contributed by atoms with E-state index >= 15 is 0 Å². The van der Waals surface area contributed by atoms with E-state index in [9.17, 15) is 9.18 Å². The van der Waals surface area contributed by atoms with E-state index in [0.717, 1.165) is 12.8 Å². The van der Waals surface area contributed by atoms with Crippen molar-refractivity contribution in [3.05, 3.63) is 41.2 Å². The molecule has 1 amide bonds. The van der Waals surface area contributed by atoms with E-state index in [1.807, 2.05) is 4.90 Å². The monoisotopic (exact) mass is 320 g/mol. The number of piperidine rings is 1. The van der Waals surface area contributed by atoms with Crippen LogP contribution >= 0.6 is 11.3 Å². The third-order valence-corrected chi connectivity index (χ3v) is 4.90. The molecule has 22 heavy (non-hydrogen) atoms. The first kappa shape index (κ1) is 15.1. The molecule has 1 aromatic carbocycles. The summed E-state index contributed by atoms with van der Waals surface area (Å²) in [4.78, 5) is 19.1. The largest absolute Gasteiger partial charge is 0.381 e. The van der Waals surface area contributed by atoms with Crippen molar-refractivity contribution in [3.63, 3.8) is 0 Å². The Morgan fingerprint density at radius 1 is 1.36 bits per heavy atom. The van der Waals surface area contributed by atoms with Gasteiger partial charge in [0, 0.05) is 25.8 Å². The third kappa shape index (κ3) is 3.03. The molecular weight excluding hydrogens is 303 g/mol. The topological polar surface area (TPSA) is 42.4 Å². The number of benzene rings is 1. The molecule has 3 rings (SSSR count). The van der Waals surface area contributed by atoms with E-state index in [-0.39, 0.29) is 17.8 Å². The van der Waals surface area contributed by atoms with Crippen LogP contribution in [0.25, 0.3) is 10.6 Å². The van der Waals surface area contributed by atoms with Gasteiger partial charge in [0.2, 0.25) is 0 Å². The number of carbonyl (C=O) groups excluding carboxylic acids is 1. The fourth-order valence-corrected chi connectivity index (χ4v) is 3.49. The Labute approximate surface area is 132 Å². The first-order chi connectivity index (χ1) is 10.7. The van der Waals surface area contributed by atoms with Crippen LogP contribution < -0.4 is 0 Å². The number of nitrogens with zero attached hydrogens (tertiary/aromatic N) is 2. The van der Waals surface area contributed by atoms with E-state index in [2.05, 4.69) is 4.98 Å². The number of aromatic nitrogens is 1. The average Bonchev–Trinajstić information content (AvgIpc) is 3.04. The number of rotatable bonds is 3. The molecule has 4 nitrogen and oxygen atoms in total. The molecule has 2 heterocycles. The van der Waals surface area contributed by atoms with Crippen LogP contribution in [-0.2, 0) is 4.74 Å². The van der Waals surface area contributed by atoms with Gasteiger partial charge in [0.05, 0.1) is 12.3 Å². The Morgan fingerprint density at radius 2 is 2.09 bits per heavy atom. The molecule has 1 fully saturated rings. The van der Waals surface area contributed by atoms with Crippen LogP contribution in [0.15, 0.2) is 30.5 Å². The van der Waals surface area contributed by atoms with Crippen LogP contribution in [-0.4, -0.2) is 42.1 Å². The molecule has 2 aromatic rings. The minimum Gasteiger partial charge on any atom is -0.381 e. The molecule has 0 bridgehead atoms. The number of carbonyl (C=O) groups is 1. The third-order valence-electron chi connectivity index (χ3n) is 3.88. The zero-order valence-corrected chi connectivity index (χ0v) is 13.1. The van der Waals surface area contributed by atoms with Gasteiger partial charge >= 0.3 is 0 Å². The molecule has 0 N–H and O–H groups in total. The van der Waals surface area contributed by atoms with Gasteiger partial charge in [-0.1, -0.05) is 12.1 Å². The number of halogens is 1. The van der Waals surface area contributed by atoms with Gasteiger partial charge in [0.15, 0.2) is 0 Å². The Hall–Kier alpha value is -1.79. The molecule has 6 heteroatoms. The Morgan fingerprint density at radius 3 is 2.77 bits per heavy atom. The lowest BCUT2D eigenvalue weighted by atomic mass is 10.1. The minimum atomic E-state index is -0.322. The number of amides is 1. The number of methoxy groups -OCH3 is 1. The van der Waals surface area contributed by atoms with Crippen molar-refractivity contribution in [1.82, 2.24) is 9.88 Å². The fraction of sp³-hybridized carbons (Fsp3) is 0.375. The molecule has 1 aromatic heterocycles. The van der Waals surface area contributed by atoms with E-state index in [0.29, 0.717) is 28.5 Å². The summed E-state index contributed by atoms with van der Waals surface area (Å²) in [7, 11) is 1.70. The maximum Gasteiger partial charge on any atom is 0.265 e. The first-order valence-corrected chi connectivity index (χ1v) is 8.03. The molecular formula is C16H17FN2O2S. The van der Waals surface area contributed by atoms with Crippen molar-refractivity contribution in [3.8, 4) is 10.6 Å². The average molecular weight is 320 g/mol. The van der Waals surface area contributed by atoms with Gasteiger partial charge in [-0.25, -0.2) is 9.37 Å². The second-order valence-electron chi connectivity index (χ2n) is 5.24. The number of hydrogen-bond acceptors (Lipinski definition) is 4. The Bertz CT molecular complexity index is 666. The van der Waals surface area contributed by atoms with E-state index in [1.165, 1.54) is 23.6 Å². The summed E-state index contributed by atoms with van der Waals surface area (Å²) in [5, 5.41) is 0.535. The highest BCUT2D eigenvalue weighted by atomic mass is 32.1. The van der Waals surface area contributed by atoms with Crippen molar-refractivity contribution in [1.29, 1.82) is 0 Å². The molecule has 0 saturated carbocycles. The molecule has 0 spiro atoms. The number of thiazole rings is 1. The van der Waals surface area contributed by atoms with Crippen LogP contribution in [0.5, 0.6) is 0 Å². The van der Waals surface area contributed by atoms with E-state index in [4.69, 9.17) is 4.74 Å². The quantitative estimate of drug-likeness (QED) is 0.872. The van der Waals surface area contributed by atoms with Crippen LogP contribution in [0.4, 0.5) is 4.39 Å². The molecule has 0 radical (unpaired) electrons. The number of hydrogen-bond donors (Lipinski definition) is 0. The summed E-state index contributed by atoms with van der Waals surface area (Å²) in [5.74, 6) is -0.355. The molecule has 1 aliphatic rings. The molecule has 0 unspecified atom stereocenters. The molecule has 116 valence electrons. The van der Waals surface area contributed by atoms with Gasteiger partial charge in [-0.05, 0) is 25.0 Å². The summed E-state index contributed by atoms with van der Waals surface area (Å²) < 4.78 is 19.1. The number of ether oxygens (including phenoxy) is 1. The van der Waals surface area contributed by atoms with E-state index in [1.54, 1.807) is 25.3 Å². The predicted molar refractivity (Wildman–Crippen MR) is 83.4 cm³/mol. The Kier molecular flexibility index (Phi) is 4.49. The number of likely N-dealkylation sites (tertiary alicyclic amines) is 1. The molecule has 0 aliphatic carbocycles. The van der Waals surface area contributed by atoms with Crippen LogP contribution in [0.2, 0.25) is 0 Å². The van der Waals surface area contributed by atoms with Gasteiger partial charge in [-0.2, -0.15) is 0 Å². The van der Waals surface area contributed by atoms with Gasteiger partial charge in [-0.3, -0.25) is 4.79 Å². The van der Waals surface area contributed by atoms with Gasteiger partial charge in [-0.15, -0.1) is 11.3 Å². The van der Waals surface area contributed by atoms with E-state index < -0.39 is 0 Å². The zero-order valence-electron chi connectivity index (χ0n) is 12.3. The van der Waals surface area contributed by atoms with Crippen LogP contribution in [0.1, 0.15) is 22.5 Å². The molecule has 0 atom stereocenters. The summed E-state index contributed by atoms with van der Waals surface area (Å²) in [6.07, 6.45) is 3.47. The van der Waals surface area contributed by atoms with Crippen LogP contribution in [0.3, 0.4) is 0 Å². The summed E-state index contributed by atoms with van der Waals surface area (Å²) in [6, 6.07) is 6.47. The summed E-state index contributed by atoms with van der Waals surface area (Å²) in [5.41, 5.74) is 0.435. The van der Waals surface area contributed by atoms with Crippen molar-refractivity contribution in [2.45, 2.75) is 18.9 Å². The lowest BCUT2D eigenvalue weighted by molar-refractivity contribution is 0.0353. The Balaban J connectivity index is 1.74. The van der Waals surface area contributed by atoms with Crippen molar-refractivity contribution >= 4 is 17.2 Å². The normalized spacial score (nSPS) is 16.0. The highest BCUT2D eigenvalue weighted by Crippen LogP contribution is 2.28. The fourth-order valence-electron chi connectivity index (χ4n) is 2.58.